The number of nitrogens with zero attached hydrogens (tertiary/aromatic N) is 1. The van der Waals surface area contributed by atoms with Gasteiger partial charge in [-0.2, -0.15) is 0 Å². The van der Waals surface area contributed by atoms with Crippen LogP contribution in [0.2, 0.25) is 0 Å². The first-order valence-corrected chi connectivity index (χ1v) is 7.60. The van der Waals surface area contributed by atoms with Gasteiger partial charge in [-0.15, -0.1) is 0 Å². The Hall–Kier alpha value is -1.55. The van der Waals surface area contributed by atoms with E-state index in [1.165, 1.54) is 37.9 Å². The molecule has 2 fully saturated rings. The zero-order valence-electron chi connectivity index (χ0n) is 11.8. The van der Waals surface area contributed by atoms with Gasteiger partial charge in [0.2, 0.25) is 5.91 Å². The van der Waals surface area contributed by atoms with Crippen molar-refractivity contribution in [2.24, 2.45) is 11.7 Å². The van der Waals surface area contributed by atoms with Gasteiger partial charge in [0.1, 0.15) is 0 Å². The van der Waals surface area contributed by atoms with Crippen molar-refractivity contribution in [3.63, 3.8) is 0 Å². The maximum absolute atomic E-state index is 11.1. The number of nitrogens with two attached hydrogens (primary N) is 1. The van der Waals surface area contributed by atoms with Crippen molar-refractivity contribution in [2.45, 2.75) is 31.7 Å². The van der Waals surface area contributed by atoms with Gasteiger partial charge in [-0.1, -0.05) is 0 Å². The number of nitrogens with one attached hydrogen (secondary N) is 1. The molecule has 1 aromatic carbocycles. The molecule has 1 saturated heterocycles. The summed E-state index contributed by atoms with van der Waals surface area (Å²) >= 11 is 0. The number of benzene rings is 1. The second-order valence-corrected chi connectivity index (χ2v) is 6.02. The van der Waals surface area contributed by atoms with Crippen molar-refractivity contribution in [3.8, 4) is 0 Å². The molecular formula is C16H23N3O. The predicted molar refractivity (Wildman–Crippen MR) is 80.9 cm³/mol. The molecule has 0 bridgehead atoms. The molecule has 20 heavy (non-hydrogen) atoms. The molecule has 1 aromatic rings. The van der Waals surface area contributed by atoms with E-state index in [4.69, 9.17) is 5.73 Å². The molecule has 1 aliphatic heterocycles. The van der Waals surface area contributed by atoms with Gasteiger partial charge in [-0.05, 0) is 62.4 Å². The molecule has 3 N–H and O–H groups in total. The molecule has 4 heteroatoms. The Morgan fingerprint density at radius 2 is 1.80 bits per heavy atom. The van der Waals surface area contributed by atoms with Crippen molar-refractivity contribution in [1.29, 1.82) is 0 Å². The van der Waals surface area contributed by atoms with Crippen LogP contribution in [0.4, 0.5) is 5.69 Å². The van der Waals surface area contributed by atoms with Crippen LogP contribution in [0.1, 0.15) is 36.0 Å². The summed E-state index contributed by atoms with van der Waals surface area (Å²) in [6, 6.07) is 8.30. The van der Waals surface area contributed by atoms with Crippen LogP contribution in [-0.4, -0.2) is 31.6 Å². The largest absolute Gasteiger partial charge is 0.371 e. The second kappa shape index (κ2) is 5.83. The summed E-state index contributed by atoms with van der Waals surface area (Å²) in [6.45, 7) is 3.37. The van der Waals surface area contributed by atoms with Crippen molar-refractivity contribution in [2.75, 3.05) is 24.5 Å². The number of carbonyl (C=O) groups is 1. The minimum atomic E-state index is -0.362. The summed E-state index contributed by atoms with van der Waals surface area (Å²) in [6.07, 6.45) is 5.23. The van der Waals surface area contributed by atoms with Gasteiger partial charge in [0.15, 0.2) is 0 Å². The Bertz CT molecular complexity index is 459. The highest BCUT2D eigenvalue weighted by Crippen LogP contribution is 2.28. The SMILES string of the molecule is NC(=O)c1ccc(N2CCC(NCC3CC3)CC2)cc1. The number of hydrogen-bond acceptors (Lipinski definition) is 3. The lowest BCUT2D eigenvalue weighted by Crippen LogP contribution is -2.43. The fourth-order valence-electron chi connectivity index (χ4n) is 2.83. The summed E-state index contributed by atoms with van der Waals surface area (Å²) in [5.41, 5.74) is 7.03. The molecule has 0 spiro atoms. The first kappa shape index (κ1) is 13.4. The lowest BCUT2D eigenvalue weighted by Gasteiger charge is -2.34. The lowest BCUT2D eigenvalue weighted by molar-refractivity contribution is 0.100. The molecule has 0 radical (unpaired) electrons. The Kier molecular flexibility index (Phi) is 3.92. The first-order valence-electron chi connectivity index (χ1n) is 7.60. The smallest absolute Gasteiger partial charge is 0.248 e. The van der Waals surface area contributed by atoms with E-state index in [1.54, 1.807) is 0 Å². The molecule has 1 amide bonds. The van der Waals surface area contributed by atoms with Crippen LogP contribution in [0.5, 0.6) is 0 Å². The van der Waals surface area contributed by atoms with E-state index >= 15 is 0 Å². The zero-order valence-corrected chi connectivity index (χ0v) is 11.8. The van der Waals surface area contributed by atoms with Crippen LogP contribution in [0.25, 0.3) is 0 Å². The number of piperidine rings is 1. The van der Waals surface area contributed by atoms with E-state index in [2.05, 4.69) is 10.2 Å². The third kappa shape index (κ3) is 3.31. The monoisotopic (exact) mass is 273 g/mol. The molecule has 108 valence electrons. The van der Waals surface area contributed by atoms with Crippen molar-refractivity contribution >= 4 is 11.6 Å². The third-order valence-corrected chi connectivity index (χ3v) is 4.40. The molecule has 0 atom stereocenters. The summed E-state index contributed by atoms with van der Waals surface area (Å²) in [4.78, 5) is 13.5. The highest BCUT2D eigenvalue weighted by Gasteiger charge is 2.24. The second-order valence-electron chi connectivity index (χ2n) is 6.02. The fourth-order valence-corrected chi connectivity index (χ4v) is 2.83. The number of primary amides is 1. The molecular weight excluding hydrogens is 250 g/mol. The lowest BCUT2D eigenvalue weighted by atomic mass is 10.0. The number of amides is 1. The average Bonchev–Trinajstić information content (AvgIpc) is 3.30. The number of rotatable bonds is 5. The third-order valence-electron chi connectivity index (χ3n) is 4.40. The molecule has 0 aromatic heterocycles. The van der Waals surface area contributed by atoms with Gasteiger partial charge in [0.25, 0.3) is 0 Å². The van der Waals surface area contributed by atoms with E-state index in [0.29, 0.717) is 11.6 Å². The van der Waals surface area contributed by atoms with Crippen LogP contribution in [0.15, 0.2) is 24.3 Å². The van der Waals surface area contributed by atoms with E-state index in [9.17, 15) is 4.79 Å². The zero-order chi connectivity index (χ0) is 13.9. The number of hydrogen-bond donors (Lipinski definition) is 2. The van der Waals surface area contributed by atoms with Gasteiger partial charge >= 0.3 is 0 Å². The maximum Gasteiger partial charge on any atom is 0.248 e. The minimum Gasteiger partial charge on any atom is -0.371 e. The molecule has 3 rings (SSSR count). The Labute approximate surface area is 120 Å². The number of carbonyl (C=O) groups excluding carboxylic acids is 1. The Morgan fingerprint density at radius 3 is 2.35 bits per heavy atom. The van der Waals surface area contributed by atoms with Gasteiger partial charge in [0, 0.05) is 30.4 Å². The van der Waals surface area contributed by atoms with Crippen molar-refractivity contribution in [1.82, 2.24) is 5.32 Å². The van der Waals surface area contributed by atoms with Gasteiger partial charge < -0.3 is 16.0 Å². The quantitative estimate of drug-likeness (QED) is 0.859. The van der Waals surface area contributed by atoms with Crippen LogP contribution in [-0.2, 0) is 0 Å². The average molecular weight is 273 g/mol. The van der Waals surface area contributed by atoms with Crippen LogP contribution >= 0.6 is 0 Å². The highest BCUT2D eigenvalue weighted by atomic mass is 16.1. The molecule has 1 heterocycles. The highest BCUT2D eigenvalue weighted by molar-refractivity contribution is 5.93. The minimum absolute atomic E-state index is 0.362. The van der Waals surface area contributed by atoms with Gasteiger partial charge in [0.05, 0.1) is 0 Å². The van der Waals surface area contributed by atoms with E-state index in [-0.39, 0.29) is 5.91 Å². The van der Waals surface area contributed by atoms with Crippen molar-refractivity contribution < 1.29 is 4.79 Å². The van der Waals surface area contributed by atoms with E-state index < -0.39 is 0 Å². The van der Waals surface area contributed by atoms with Gasteiger partial charge in [-0.3, -0.25) is 4.79 Å². The van der Waals surface area contributed by atoms with Crippen LogP contribution in [0, 0.1) is 5.92 Å². The standard InChI is InChI=1S/C16H23N3O/c17-16(20)13-3-5-15(6-4-13)19-9-7-14(8-10-19)18-11-12-1-2-12/h3-6,12,14,18H,1-2,7-11H2,(H2,17,20). The summed E-state index contributed by atoms with van der Waals surface area (Å²) in [5, 5.41) is 3.69. The Morgan fingerprint density at radius 1 is 1.15 bits per heavy atom. The summed E-state index contributed by atoms with van der Waals surface area (Å²) in [5.74, 6) is 0.592. The topological polar surface area (TPSA) is 58.4 Å². The van der Waals surface area contributed by atoms with Crippen molar-refractivity contribution in [3.05, 3.63) is 29.8 Å². The van der Waals surface area contributed by atoms with E-state index in [1.807, 2.05) is 24.3 Å². The van der Waals surface area contributed by atoms with E-state index in [0.717, 1.165) is 19.0 Å². The molecule has 4 nitrogen and oxygen atoms in total. The molecule has 1 saturated carbocycles. The molecule has 1 aliphatic carbocycles. The van der Waals surface area contributed by atoms with Gasteiger partial charge in [-0.25, -0.2) is 0 Å². The summed E-state index contributed by atoms with van der Waals surface area (Å²) in [7, 11) is 0. The first-order chi connectivity index (χ1) is 9.72. The normalized spacial score (nSPS) is 20.1. The fraction of sp³-hybridized carbons (Fsp3) is 0.562. The molecule has 2 aliphatic rings. The summed E-state index contributed by atoms with van der Waals surface area (Å²) < 4.78 is 0. The maximum atomic E-state index is 11.1. The van der Waals surface area contributed by atoms with Crippen LogP contribution in [0.3, 0.4) is 0 Å². The Balaban J connectivity index is 1.50. The van der Waals surface area contributed by atoms with Crippen LogP contribution < -0.4 is 16.0 Å². The molecule has 0 unspecified atom stereocenters. The predicted octanol–water partition coefficient (Wildman–Crippen LogP) is 1.75. The number of anilines is 1.